The predicted octanol–water partition coefficient (Wildman–Crippen LogP) is 7.06. The molecule has 2 atom stereocenters. The number of benzene rings is 1. The first-order chi connectivity index (χ1) is 9.15. The Morgan fingerprint density at radius 3 is 1.74 bits per heavy atom. The van der Waals surface area contributed by atoms with E-state index < -0.39 is 0 Å². The molecule has 0 radical (unpaired) electrons. The Morgan fingerprint density at radius 1 is 0.842 bits per heavy atom. The molecule has 19 heavy (non-hydrogen) atoms. The molecule has 0 bridgehead atoms. The number of rotatable bonds is 5. The van der Waals surface area contributed by atoms with Gasteiger partial charge in [-0.2, -0.15) is 0 Å². The molecule has 0 aliphatic heterocycles. The Labute approximate surface area is 122 Å². The van der Waals surface area contributed by atoms with Crippen LogP contribution in [-0.4, -0.2) is 0 Å². The maximum absolute atomic E-state index is 2.34. The number of hydrogen-bond donors (Lipinski definition) is 0. The van der Waals surface area contributed by atoms with E-state index in [2.05, 4.69) is 65.0 Å². The lowest BCUT2D eigenvalue weighted by Gasteiger charge is -2.14. The van der Waals surface area contributed by atoms with Crippen molar-refractivity contribution < 1.29 is 0 Å². The van der Waals surface area contributed by atoms with Crippen LogP contribution in [0.2, 0.25) is 0 Å². The molecule has 1 rings (SSSR count). The van der Waals surface area contributed by atoms with Gasteiger partial charge >= 0.3 is 0 Å². The lowest BCUT2D eigenvalue weighted by molar-refractivity contribution is 0.470. The van der Waals surface area contributed by atoms with Crippen molar-refractivity contribution in [2.24, 2.45) is 5.92 Å². The largest absolute Gasteiger partial charge is 0.0683 e. The van der Waals surface area contributed by atoms with Crippen LogP contribution >= 0.6 is 0 Å². The first kappa shape index (κ1) is 20.5. The van der Waals surface area contributed by atoms with Gasteiger partial charge < -0.3 is 0 Å². The van der Waals surface area contributed by atoms with Crippen molar-refractivity contribution in [3.63, 3.8) is 0 Å². The maximum Gasteiger partial charge on any atom is -0.0190 e. The highest BCUT2D eigenvalue weighted by Crippen LogP contribution is 2.23. The average Bonchev–Trinajstić information content (AvgIpc) is 2.48. The van der Waals surface area contributed by atoms with Crippen molar-refractivity contribution in [1.82, 2.24) is 0 Å². The second-order valence-electron chi connectivity index (χ2n) is 5.11. The lowest BCUT2D eigenvalue weighted by Crippen LogP contribution is -1.98. The monoisotopic (exact) mass is 264 g/mol. The molecule has 0 aliphatic rings. The third kappa shape index (κ3) is 12.0. The molecular weight excluding hydrogens is 228 g/mol. The van der Waals surface area contributed by atoms with Gasteiger partial charge in [-0.05, 0) is 23.8 Å². The maximum atomic E-state index is 2.34. The molecule has 0 saturated heterocycles. The van der Waals surface area contributed by atoms with Crippen LogP contribution in [0.15, 0.2) is 30.3 Å². The molecule has 112 valence electrons. The molecular formula is C19H36. The predicted molar refractivity (Wildman–Crippen MR) is 90.9 cm³/mol. The second kappa shape index (κ2) is 15.3. The minimum Gasteiger partial charge on any atom is -0.0683 e. The summed E-state index contributed by atoms with van der Waals surface area (Å²) in [5.41, 5.74) is 1.48. The fourth-order valence-corrected chi connectivity index (χ4v) is 1.69. The summed E-state index contributed by atoms with van der Waals surface area (Å²) in [4.78, 5) is 0. The molecule has 0 spiro atoms. The van der Waals surface area contributed by atoms with E-state index in [-0.39, 0.29) is 0 Å². The van der Waals surface area contributed by atoms with Gasteiger partial charge in [-0.1, -0.05) is 98.1 Å². The summed E-state index contributed by atoms with van der Waals surface area (Å²) in [6.45, 7) is 15.2. The summed E-state index contributed by atoms with van der Waals surface area (Å²) in [7, 11) is 0. The Kier molecular flexibility index (Phi) is 16.5. The average molecular weight is 264 g/mol. The zero-order valence-corrected chi connectivity index (χ0v) is 14.4. The first-order valence-electron chi connectivity index (χ1n) is 8.20. The molecule has 0 aromatic heterocycles. The summed E-state index contributed by atoms with van der Waals surface area (Å²) in [5.74, 6) is 1.59. The Morgan fingerprint density at radius 2 is 1.32 bits per heavy atom. The molecule has 0 heteroatoms. The highest BCUT2D eigenvalue weighted by molar-refractivity contribution is 5.18. The van der Waals surface area contributed by atoms with Crippen molar-refractivity contribution >= 4 is 0 Å². The van der Waals surface area contributed by atoms with E-state index in [9.17, 15) is 0 Å². The first-order valence-corrected chi connectivity index (χ1v) is 8.20. The smallest absolute Gasteiger partial charge is 0.0190 e. The Balaban J connectivity index is 0. The van der Waals surface area contributed by atoms with Gasteiger partial charge in [0, 0.05) is 0 Å². The van der Waals surface area contributed by atoms with Gasteiger partial charge in [0.15, 0.2) is 0 Å². The van der Waals surface area contributed by atoms with Crippen LogP contribution in [-0.2, 0) is 0 Å². The summed E-state index contributed by atoms with van der Waals surface area (Å²) in [5, 5.41) is 0. The van der Waals surface area contributed by atoms with E-state index in [4.69, 9.17) is 0 Å². The van der Waals surface area contributed by atoms with Crippen molar-refractivity contribution in [1.29, 1.82) is 0 Å². The van der Waals surface area contributed by atoms with E-state index in [1.54, 1.807) is 0 Å². The van der Waals surface area contributed by atoms with Gasteiger partial charge in [-0.3, -0.25) is 0 Å². The van der Waals surface area contributed by atoms with Gasteiger partial charge in [-0.15, -0.1) is 0 Å². The molecule has 0 unspecified atom stereocenters. The standard InChI is InChI=1S/C14H22.C3H8.C2H6/c1-4-12(2)10-11-13(3)14-8-6-5-7-9-14;1-3-2;1-2/h5-9,12-13H,4,10-11H2,1-3H3;3H2,1-2H3;1-2H3/t12-,13-;;/m0../s1. The fraction of sp³-hybridized carbons (Fsp3) is 0.684. The SMILES string of the molecule is CC.CCC.CC[C@H](C)CC[C@H](C)c1ccccc1. The minimum absolute atomic E-state index is 0.713. The normalized spacial score (nSPS) is 12.4. The zero-order valence-electron chi connectivity index (χ0n) is 14.4. The van der Waals surface area contributed by atoms with Crippen molar-refractivity contribution in [2.45, 2.75) is 80.1 Å². The molecule has 1 aromatic carbocycles. The molecule has 0 saturated carbocycles. The van der Waals surface area contributed by atoms with Gasteiger partial charge in [0.2, 0.25) is 0 Å². The molecule has 0 N–H and O–H groups in total. The van der Waals surface area contributed by atoms with Gasteiger partial charge in [0.25, 0.3) is 0 Å². The molecule has 0 aliphatic carbocycles. The fourth-order valence-electron chi connectivity index (χ4n) is 1.69. The topological polar surface area (TPSA) is 0 Å². The summed E-state index contributed by atoms with van der Waals surface area (Å²) < 4.78 is 0. The molecule has 0 nitrogen and oxygen atoms in total. The molecule has 0 amide bonds. The lowest BCUT2D eigenvalue weighted by atomic mass is 9.92. The molecule has 0 fully saturated rings. The third-order valence-electron chi connectivity index (χ3n) is 3.16. The quantitative estimate of drug-likeness (QED) is 0.534. The van der Waals surface area contributed by atoms with Crippen LogP contribution in [0.25, 0.3) is 0 Å². The summed E-state index contributed by atoms with van der Waals surface area (Å²) >= 11 is 0. The van der Waals surface area contributed by atoms with Crippen LogP contribution in [0.3, 0.4) is 0 Å². The third-order valence-corrected chi connectivity index (χ3v) is 3.16. The second-order valence-corrected chi connectivity index (χ2v) is 5.11. The Bertz CT molecular complexity index is 250. The van der Waals surface area contributed by atoms with Crippen LogP contribution in [0.5, 0.6) is 0 Å². The minimum atomic E-state index is 0.713. The molecule has 0 heterocycles. The zero-order chi connectivity index (χ0) is 15.1. The van der Waals surface area contributed by atoms with Gasteiger partial charge in [-0.25, -0.2) is 0 Å². The van der Waals surface area contributed by atoms with E-state index in [1.165, 1.54) is 31.2 Å². The van der Waals surface area contributed by atoms with Crippen LogP contribution in [0, 0.1) is 5.92 Å². The van der Waals surface area contributed by atoms with Crippen LogP contribution < -0.4 is 0 Å². The van der Waals surface area contributed by atoms with Crippen molar-refractivity contribution in [3.05, 3.63) is 35.9 Å². The van der Waals surface area contributed by atoms with E-state index in [0.717, 1.165) is 5.92 Å². The van der Waals surface area contributed by atoms with Crippen molar-refractivity contribution in [3.8, 4) is 0 Å². The van der Waals surface area contributed by atoms with Crippen LogP contribution in [0.4, 0.5) is 0 Å². The van der Waals surface area contributed by atoms with Gasteiger partial charge in [0.05, 0.1) is 0 Å². The van der Waals surface area contributed by atoms with Gasteiger partial charge in [0.1, 0.15) is 0 Å². The summed E-state index contributed by atoms with van der Waals surface area (Å²) in [6.07, 6.45) is 5.23. The van der Waals surface area contributed by atoms with Crippen molar-refractivity contribution in [2.75, 3.05) is 0 Å². The highest BCUT2D eigenvalue weighted by Gasteiger charge is 2.06. The summed E-state index contributed by atoms with van der Waals surface area (Å²) in [6, 6.07) is 10.8. The van der Waals surface area contributed by atoms with E-state index >= 15 is 0 Å². The van der Waals surface area contributed by atoms with E-state index in [1.807, 2.05) is 13.8 Å². The Hall–Kier alpha value is -0.780. The van der Waals surface area contributed by atoms with Crippen LogP contribution in [0.1, 0.15) is 85.6 Å². The number of hydrogen-bond acceptors (Lipinski definition) is 0. The van der Waals surface area contributed by atoms with E-state index in [0.29, 0.717) is 5.92 Å². The highest BCUT2D eigenvalue weighted by atomic mass is 14.1. The molecule has 1 aromatic rings.